The number of hydrogen-bond acceptors (Lipinski definition) is 3. The van der Waals surface area contributed by atoms with Gasteiger partial charge in [-0.3, -0.25) is 14.9 Å². The summed E-state index contributed by atoms with van der Waals surface area (Å²) < 4.78 is 25.7. The molecule has 0 aliphatic carbocycles. The first-order chi connectivity index (χ1) is 8.44. The molecule has 0 spiro atoms. The van der Waals surface area contributed by atoms with Gasteiger partial charge in [0, 0.05) is 25.9 Å². The fourth-order valence-electron chi connectivity index (χ4n) is 1.68. The van der Waals surface area contributed by atoms with Crippen molar-refractivity contribution in [3.63, 3.8) is 0 Å². The SMILES string of the molecule is CCCNC(=O)CCNC(=O)C1CC(F)(F)CN1. The predicted octanol–water partition coefficient (Wildman–Crippen LogP) is 0.0161. The Bertz CT molecular complexity index is 311. The molecule has 1 aliphatic rings. The van der Waals surface area contributed by atoms with E-state index < -0.39 is 30.8 Å². The van der Waals surface area contributed by atoms with E-state index in [2.05, 4.69) is 16.0 Å². The van der Waals surface area contributed by atoms with E-state index in [4.69, 9.17) is 0 Å². The summed E-state index contributed by atoms with van der Waals surface area (Å²) in [7, 11) is 0. The summed E-state index contributed by atoms with van der Waals surface area (Å²) in [5.74, 6) is -3.45. The first kappa shape index (κ1) is 14.8. The summed E-state index contributed by atoms with van der Waals surface area (Å²) in [4.78, 5) is 22.7. The number of alkyl halides is 2. The summed E-state index contributed by atoms with van der Waals surface area (Å²) in [5, 5.41) is 7.59. The second-order valence-electron chi connectivity index (χ2n) is 4.38. The Balaban J connectivity index is 2.16. The maximum absolute atomic E-state index is 12.8. The lowest BCUT2D eigenvalue weighted by molar-refractivity contribution is -0.124. The van der Waals surface area contributed by atoms with Crippen LogP contribution >= 0.6 is 0 Å². The van der Waals surface area contributed by atoms with Crippen LogP contribution in [0.5, 0.6) is 0 Å². The van der Waals surface area contributed by atoms with E-state index in [0.717, 1.165) is 6.42 Å². The summed E-state index contributed by atoms with van der Waals surface area (Å²) >= 11 is 0. The highest BCUT2D eigenvalue weighted by Gasteiger charge is 2.42. The molecule has 1 fully saturated rings. The van der Waals surface area contributed by atoms with E-state index in [1.54, 1.807) is 0 Å². The van der Waals surface area contributed by atoms with Crippen molar-refractivity contribution in [1.82, 2.24) is 16.0 Å². The topological polar surface area (TPSA) is 70.2 Å². The molecule has 1 saturated heterocycles. The lowest BCUT2D eigenvalue weighted by Crippen LogP contribution is -2.41. The quantitative estimate of drug-likeness (QED) is 0.632. The van der Waals surface area contributed by atoms with Crippen molar-refractivity contribution in [3.05, 3.63) is 0 Å². The minimum Gasteiger partial charge on any atom is -0.356 e. The number of rotatable bonds is 6. The summed E-state index contributed by atoms with van der Waals surface area (Å²) in [6, 6.07) is -0.862. The molecule has 1 unspecified atom stereocenters. The zero-order valence-electron chi connectivity index (χ0n) is 10.4. The molecule has 1 atom stereocenters. The molecule has 18 heavy (non-hydrogen) atoms. The van der Waals surface area contributed by atoms with E-state index in [0.29, 0.717) is 6.54 Å². The fraction of sp³-hybridized carbons (Fsp3) is 0.818. The second-order valence-corrected chi connectivity index (χ2v) is 4.38. The minimum atomic E-state index is -2.82. The first-order valence-electron chi connectivity index (χ1n) is 6.10. The Morgan fingerprint density at radius 3 is 2.61 bits per heavy atom. The maximum Gasteiger partial charge on any atom is 0.262 e. The van der Waals surface area contributed by atoms with Crippen molar-refractivity contribution in [2.24, 2.45) is 0 Å². The Hall–Kier alpha value is -1.24. The normalized spacial score (nSPS) is 21.6. The van der Waals surface area contributed by atoms with Crippen LogP contribution in [0.15, 0.2) is 0 Å². The fourth-order valence-corrected chi connectivity index (χ4v) is 1.68. The predicted molar refractivity (Wildman–Crippen MR) is 62.3 cm³/mol. The van der Waals surface area contributed by atoms with Crippen LogP contribution in [0.2, 0.25) is 0 Å². The molecule has 7 heteroatoms. The highest BCUT2D eigenvalue weighted by molar-refractivity contribution is 5.83. The van der Waals surface area contributed by atoms with E-state index in [9.17, 15) is 18.4 Å². The van der Waals surface area contributed by atoms with Gasteiger partial charge in [0.2, 0.25) is 11.8 Å². The summed E-state index contributed by atoms with van der Waals surface area (Å²) in [6.45, 7) is 2.23. The molecule has 3 N–H and O–H groups in total. The van der Waals surface area contributed by atoms with Gasteiger partial charge in [-0.05, 0) is 6.42 Å². The molecule has 104 valence electrons. The molecule has 1 rings (SSSR count). The van der Waals surface area contributed by atoms with Gasteiger partial charge < -0.3 is 10.6 Å². The van der Waals surface area contributed by atoms with Gasteiger partial charge in [0.05, 0.1) is 12.6 Å². The second kappa shape index (κ2) is 6.63. The van der Waals surface area contributed by atoms with Crippen molar-refractivity contribution in [3.8, 4) is 0 Å². The van der Waals surface area contributed by atoms with Gasteiger partial charge in [0.1, 0.15) is 0 Å². The highest BCUT2D eigenvalue weighted by atomic mass is 19.3. The molecule has 0 bridgehead atoms. The van der Waals surface area contributed by atoms with Crippen LogP contribution in [-0.4, -0.2) is 43.4 Å². The molecule has 1 heterocycles. The molecule has 0 saturated carbocycles. The van der Waals surface area contributed by atoms with Crippen LogP contribution in [0.1, 0.15) is 26.2 Å². The molecule has 0 radical (unpaired) electrons. The lowest BCUT2D eigenvalue weighted by atomic mass is 10.2. The molecule has 0 aromatic rings. The van der Waals surface area contributed by atoms with Gasteiger partial charge in [-0.25, -0.2) is 8.78 Å². The number of carbonyl (C=O) groups excluding carboxylic acids is 2. The van der Waals surface area contributed by atoms with Gasteiger partial charge in [0.25, 0.3) is 5.92 Å². The van der Waals surface area contributed by atoms with Gasteiger partial charge >= 0.3 is 0 Å². The van der Waals surface area contributed by atoms with E-state index in [1.165, 1.54) is 0 Å². The summed E-state index contributed by atoms with van der Waals surface area (Å²) in [6.07, 6.45) is 0.523. The van der Waals surface area contributed by atoms with E-state index in [1.807, 2.05) is 6.92 Å². The van der Waals surface area contributed by atoms with Crippen LogP contribution in [-0.2, 0) is 9.59 Å². The molecule has 1 aliphatic heterocycles. The standard InChI is InChI=1S/C11H19F2N3O2/c1-2-4-14-9(17)3-5-15-10(18)8-6-11(12,13)7-16-8/h8,16H,2-7H2,1H3,(H,14,17)(H,15,18). The van der Waals surface area contributed by atoms with Crippen molar-refractivity contribution in [2.45, 2.75) is 38.2 Å². The third-order valence-corrected chi connectivity index (χ3v) is 2.65. The summed E-state index contributed by atoms with van der Waals surface area (Å²) in [5.41, 5.74) is 0. The number of hydrogen-bond donors (Lipinski definition) is 3. The zero-order chi connectivity index (χ0) is 13.6. The Kier molecular flexibility index (Phi) is 5.46. The average Bonchev–Trinajstić information content (AvgIpc) is 2.67. The van der Waals surface area contributed by atoms with Crippen LogP contribution in [0, 0.1) is 0 Å². The Morgan fingerprint density at radius 1 is 1.33 bits per heavy atom. The van der Waals surface area contributed by atoms with Crippen molar-refractivity contribution in [2.75, 3.05) is 19.6 Å². The van der Waals surface area contributed by atoms with Crippen LogP contribution < -0.4 is 16.0 Å². The smallest absolute Gasteiger partial charge is 0.262 e. The molecule has 0 aromatic carbocycles. The largest absolute Gasteiger partial charge is 0.356 e. The highest BCUT2D eigenvalue weighted by Crippen LogP contribution is 2.24. The molecule has 0 aromatic heterocycles. The lowest BCUT2D eigenvalue weighted by Gasteiger charge is -2.11. The molecule has 5 nitrogen and oxygen atoms in total. The third kappa shape index (κ3) is 4.95. The van der Waals surface area contributed by atoms with Crippen molar-refractivity contribution in [1.29, 1.82) is 0 Å². The number of amides is 2. The monoisotopic (exact) mass is 263 g/mol. The van der Waals surface area contributed by atoms with Gasteiger partial charge in [-0.1, -0.05) is 6.92 Å². The van der Waals surface area contributed by atoms with E-state index in [-0.39, 0.29) is 18.9 Å². The molecular weight excluding hydrogens is 244 g/mol. The van der Waals surface area contributed by atoms with E-state index >= 15 is 0 Å². The first-order valence-corrected chi connectivity index (χ1v) is 6.10. The number of carbonyl (C=O) groups is 2. The van der Waals surface area contributed by atoms with Crippen molar-refractivity contribution < 1.29 is 18.4 Å². The molecule has 2 amide bonds. The van der Waals surface area contributed by atoms with Gasteiger partial charge in [-0.2, -0.15) is 0 Å². The van der Waals surface area contributed by atoms with Crippen LogP contribution in [0.25, 0.3) is 0 Å². The Morgan fingerprint density at radius 2 is 2.06 bits per heavy atom. The maximum atomic E-state index is 12.8. The minimum absolute atomic E-state index is 0.151. The van der Waals surface area contributed by atoms with Gasteiger partial charge in [-0.15, -0.1) is 0 Å². The third-order valence-electron chi connectivity index (χ3n) is 2.65. The van der Waals surface area contributed by atoms with Gasteiger partial charge in [0.15, 0.2) is 0 Å². The van der Waals surface area contributed by atoms with Crippen LogP contribution in [0.3, 0.4) is 0 Å². The Labute approximate surface area is 105 Å². The number of nitrogens with one attached hydrogen (secondary N) is 3. The average molecular weight is 263 g/mol. The van der Waals surface area contributed by atoms with Crippen molar-refractivity contribution >= 4 is 11.8 Å². The zero-order valence-corrected chi connectivity index (χ0v) is 10.4. The van der Waals surface area contributed by atoms with Crippen LogP contribution in [0.4, 0.5) is 8.78 Å². The molecular formula is C11H19F2N3O2. The number of halogens is 2.